The van der Waals surface area contributed by atoms with Gasteiger partial charge in [0.25, 0.3) is 0 Å². The molecule has 2 amide bonds. The number of carboxylic acids is 1. The normalized spacial score (nSPS) is 11.8. The second-order valence-corrected chi connectivity index (χ2v) is 5.39. The van der Waals surface area contributed by atoms with Crippen molar-refractivity contribution >= 4 is 33.6 Å². The zero-order chi connectivity index (χ0) is 14.6. The van der Waals surface area contributed by atoms with Crippen LogP contribution in [0.25, 0.3) is 0 Å². The largest absolute Gasteiger partial charge is 0.481 e. The summed E-state index contributed by atoms with van der Waals surface area (Å²) in [7, 11) is 1.57. The van der Waals surface area contributed by atoms with Gasteiger partial charge in [0, 0.05) is 18.1 Å². The van der Waals surface area contributed by atoms with E-state index in [-0.39, 0.29) is 12.6 Å². The zero-order valence-corrected chi connectivity index (χ0v) is 12.7. The van der Waals surface area contributed by atoms with Crippen LogP contribution in [-0.4, -0.2) is 35.6 Å². The summed E-state index contributed by atoms with van der Waals surface area (Å²) in [6, 6.07) is 5.29. The van der Waals surface area contributed by atoms with Crippen LogP contribution < -0.4 is 5.32 Å². The van der Waals surface area contributed by atoms with Crippen LogP contribution in [-0.2, 0) is 4.79 Å². The highest BCUT2D eigenvalue weighted by molar-refractivity contribution is 9.10. The monoisotopic (exact) mass is 328 g/mol. The minimum Gasteiger partial charge on any atom is -0.481 e. The van der Waals surface area contributed by atoms with Crippen LogP contribution in [0.4, 0.5) is 10.5 Å². The predicted molar refractivity (Wildman–Crippen MR) is 77.3 cm³/mol. The van der Waals surface area contributed by atoms with E-state index in [0.717, 1.165) is 10.0 Å². The average Bonchev–Trinajstić information content (AvgIpc) is 2.33. The summed E-state index contributed by atoms with van der Waals surface area (Å²) >= 11 is 3.35. The van der Waals surface area contributed by atoms with E-state index in [1.807, 2.05) is 25.1 Å². The van der Waals surface area contributed by atoms with E-state index in [1.165, 1.54) is 4.90 Å². The van der Waals surface area contributed by atoms with E-state index < -0.39 is 11.9 Å². The number of hydrogen-bond donors (Lipinski definition) is 2. The molecule has 1 atom stereocenters. The minimum absolute atomic E-state index is 0.157. The van der Waals surface area contributed by atoms with Crippen molar-refractivity contribution in [3.8, 4) is 0 Å². The number of hydrogen-bond acceptors (Lipinski definition) is 2. The first-order valence-electron chi connectivity index (χ1n) is 5.82. The number of nitrogens with one attached hydrogen (secondary N) is 1. The Bertz CT molecular complexity index is 491. The van der Waals surface area contributed by atoms with Crippen LogP contribution in [0.5, 0.6) is 0 Å². The molecular weight excluding hydrogens is 312 g/mol. The fourth-order valence-corrected chi connectivity index (χ4v) is 1.86. The van der Waals surface area contributed by atoms with Gasteiger partial charge in [-0.05, 0) is 40.5 Å². The summed E-state index contributed by atoms with van der Waals surface area (Å²) in [5.41, 5.74) is 1.69. The summed E-state index contributed by atoms with van der Waals surface area (Å²) in [6.45, 7) is 3.65. The lowest BCUT2D eigenvalue weighted by Gasteiger charge is -2.20. The number of aryl methyl sites for hydroxylation is 1. The highest BCUT2D eigenvalue weighted by Gasteiger charge is 2.17. The topological polar surface area (TPSA) is 69.6 Å². The summed E-state index contributed by atoms with van der Waals surface area (Å²) in [5.74, 6) is -1.52. The maximum atomic E-state index is 11.9. The van der Waals surface area contributed by atoms with E-state index in [0.29, 0.717) is 5.69 Å². The molecule has 5 nitrogen and oxygen atoms in total. The van der Waals surface area contributed by atoms with Crippen LogP contribution in [0.1, 0.15) is 12.5 Å². The molecule has 0 saturated heterocycles. The standard InChI is InChI=1S/C13H17BrN2O3/c1-8-4-5-10(14)11(6-8)15-13(19)16(3)7-9(2)12(17)18/h4-6,9H,7H2,1-3H3,(H,15,19)(H,17,18). The van der Waals surface area contributed by atoms with Crippen LogP contribution in [0.2, 0.25) is 0 Å². The van der Waals surface area contributed by atoms with Crippen LogP contribution in [0.3, 0.4) is 0 Å². The molecule has 0 spiro atoms. The van der Waals surface area contributed by atoms with Gasteiger partial charge in [-0.1, -0.05) is 13.0 Å². The molecule has 6 heteroatoms. The van der Waals surface area contributed by atoms with Gasteiger partial charge >= 0.3 is 12.0 Å². The molecule has 0 aromatic heterocycles. The Morgan fingerprint density at radius 1 is 1.47 bits per heavy atom. The molecule has 0 aliphatic rings. The Labute approximate surface area is 120 Å². The molecule has 1 aromatic carbocycles. The lowest BCUT2D eigenvalue weighted by Crippen LogP contribution is -2.36. The fraction of sp³-hybridized carbons (Fsp3) is 0.385. The van der Waals surface area contributed by atoms with Crippen molar-refractivity contribution in [3.63, 3.8) is 0 Å². The summed E-state index contributed by atoms with van der Waals surface area (Å²) in [4.78, 5) is 24.0. The molecule has 0 heterocycles. The first-order chi connectivity index (χ1) is 8.81. The number of benzene rings is 1. The third-order valence-electron chi connectivity index (χ3n) is 2.68. The van der Waals surface area contributed by atoms with Crippen molar-refractivity contribution in [1.29, 1.82) is 0 Å². The van der Waals surface area contributed by atoms with Gasteiger partial charge in [0.2, 0.25) is 0 Å². The van der Waals surface area contributed by atoms with Gasteiger partial charge in [-0.15, -0.1) is 0 Å². The van der Waals surface area contributed by atoms with E-state index in [2.05, 4.69) is 21.2 Å². The van der Waals surface area contributed by atoms with Crippen LogP contribution in [0, 0.1) is 12.8 Å². The van der Waals surface area contributed by atoms with Crippen molar-refractivity contribution in [2.45, 2.75) is 13.8 Å². The number of anilines is 1. The first kappa shape index (κ1) is 15.5. The highest BCUT2D eigenvalue weighted by atomic mass is 79.9. The molecule has 0 radical (unpaired) electrons. The summed E-state index contributed by atoms with van der Waals surface area (Å²) < 4.78 is 0.783. The molecule has 0 fully saturated rings. The Morgan fingerprint density at radius 2 is 2.11 bits per heavy atom. The molecule has 0 saturated carbocycles. The molecule has 104 valence electrons. The third-order valence-corrected chi connectivity index (χ3v) is 3.37. The summed E-state index contributed by atoms with van der Waals surface area (Å²) in [6.07, 6.45) is 0. The lowest BCUT2D eigenvalue weighted by molar-refractivity contribution is -0.141. The van der Waals surface area contributed by atoms with Crippen molar-refractivity contribution in [1.82, 2.24) is 4.90 Å². The Hall–Kier alpha value is -1.56. The van der Waals surface area contributed by atoms with E-state index in [9.17, 15) is 9.59 Å². The number of carbonyl (C=O) groups excluding carboxylic acids is 1. The highest BCUT2D eigenvalue weighted by Crippen LogP contribution is 2.23. The minimum atomic E-state index is -0.920. The number of nitrogens with zero attached hydrogens (tertiary/aromatic N) is 1. The van der Waals surface area contributed by atoms with E-state index in [1.54, 1.807) is 14.0 Å². The number of urea groups is 1. The molecule has 1 aromatic rings. The molecular formula is C13H17BrN2O3. The average molecular weight is 329 g/mol. The van der Waals surface area contributed by atoms with Crippen molar-refractivity contribution < 1.29 is 14.7 Å². The maximum absolute atomic E-state index is 11.9. The third kappa shape index (κ3) is 4.55. The summed E-state index contributed by atoms with van der Waals surface area (Å²) in [5, 5.41) is 11.6. The number of carbonyl (C=O) groups is 2. The van der Waals surface area contributed by atoms with E-state index in [4.69, 9.17) is 5.11 Å². The van der Waals surface area contributed by atoms with Crippen LogP contribution >= 0.6 is 15.9 Å². The maximum Gasteiger partial charge on any atom is 0.321 e. The predicted octanol–water partition coefficient (Wildman–Crippen LogP) is 2.94. The van der Waals surface area contributed by atoms with E-state index >= 15 is 0 Å². The Morgan fingerprint density at radius 3 is 2.68 bits per heavy atom. The van der Waals surface area contributed by atoms with Crippen molar-refractivity contribution in [3.05, 3.63) is 28.2 Å². The number of carboxylic acid groups (broad SMARTS) is 1. The van der Waals surface area contributed by atoms with Gasteiger partial charge in [0.1, 0.15) is 0 Å². The molecule has 0 aliphatic carbocycles. The van der Waals surface area contributed by atoms with Gasteiger partial charge in [0.15, 0.2) is 0 Å². The number of halogens is 1. The van der Waals surface area contributed by atoms with Crippen molar-refractivity contribution in [2.24, 2.45) is 5.92 Å². The molecule has 1 unspecified atom stereocenters. The van der Waals surface area contributed by atoms with Crippen molar-refractivity contribution in [2.75, 3.05) is 18.9 Å². The second kappa shape index (κ2) is 6.56. The van der Waals surface area contributed by atoms with Gasteiger partial charge in [0.05, 0.1) is 11.6 Å². The molecule has 0 aliphatic heterocycles. The smallest absolute Gasteiger partial charge is 0.321 e. The van der Waals surface area contributed by atoms with Gasteiger partial charge < -0.3 is 15.3 Å². The molecule has 2 N–H and O–H groups in total. The SMILES string of the molecule is Cc1ccc(Br)c(NC(=O)N(C)CC(C)C(=O)O)c1. The number of rotatable bonds is 4. The molecule has 19 heavy (non-hydrogen) atoms. The second-order valence-electron chi connectivity index (χ2n) is 4.53. The number of aliphatic carboxylic acids is 1. The fourth-order valence-electron chi connectivity index (χ4n) is 1.52. The number of amides is 2. The zero-order valence-electron chi connectivity index (χ0n) is 11.1. The Kier molecular flexibility index (Phi) is 5.35. The lowest BCUT2D eigenvalue weighted by atomic mass is 10.2. The van der Waals surface area contributed by atoms with Gasteiger partial charge in [-0.3, -0.25) is 4.79 Å². The Balaban J connectivity index is 2.68. The molecule has 1 rings (SSSR count). The van der Waals surface area contributed by atoms with Crippen LogP contribution in [0.15, 0.2) is 22.7 Å². The van der Waals surface area contributed by atoms with Gasteiger partial charge in [-0.25, -0.2) is 4.79 Å². The first-order valence-corrected chi connectivity index (χ1v) is 6.61. The quantitative estimate of drug-likeness (QED) is 0.892. The molecule has 0 bridgehead atoms. The van der Waals surface area contributed by atoms with Gasteiger partial charge in [-0.2, -0.15) is 0 Å².